The maximum atomic E-state index is 11.8. The van der Waals surface area contributed by atoms with E-state index in [2.05, 4.69) is 26.1 Å². The number of carbonyl (C=O) groups excluding carboxylic acids is 1. The fourth-order valence-corrected chi connectivity index (χ4v) is 9.74. The van der Waals surface area contributed by atoms with E-state index in [-0.39, 0.29) is 24.2 Å². The third-order valence-corrected chi connectivity index (χ3v) is 11.4. The monoisotopic (exact) mass is 470 g/mol. The highest BCUT2D eigenvalue weighted by Crippen LogP contribution is 2.65. The predicted octanol–water partition coefficient (Wildman–Crippen LogP) is 4.74. The molecule has 2 saturated heterocycles. The number of rotatable bonds is 2. The lowest BCUT2D eigenvalue weighted by molar-refractivity contribution is -0.155. The molecule has 4 aliphatic carbocycles. The summed E-state index contributed by atoms with van der Waals surface area (Å²) in [4.78, 5) is 11.8. The third kappa shape index (κ3) is 3.80. The summed E-state index contributed by atoms with van der Waals surface area (Å²) in [7, 11) is 0. The molecule has 3 saturated carbocycles. The number of carbonyl (C=O) groups is 1. The zero-order valence-electron chi connectivity index (χ0n) is 21.6. The normalized spacial score (nSPS) is 50.2. The average molecular weight is 471 g/mol. The van der Waals surface area contributed by atoms with Gasteiger partial charge in [0, 0.05) is 6.04 Å². The van der Waals surface area contributed by atoms with Crippen LogP contribution in [-0.2, 0) is 14.3 Å². The quantitative estimate of drug-likeness (QED) is 0.451. The maximum absolute atomic E-state index is 11.8. The Labute approximate surface area is 206 Å². The molecule has 3 N–H and O–H groups in total. The molecule has 6 aliphatic rings. The molecule has 5 heteroatoms. The summed E-state index contributed by atoms with van der Waals surface area (Å²) >= 11 is 0. The van der Waals surface area contributed by atoms with Gasteiger partial charge < -0.3 is 20.5 Å². The number of nitrogens with one attached hydrogen (secondary N) is 1. The molecule has 5 nitrogen and oxygen atoms in total. The van der Waals surface area contributed by atoms with Crippen molar-refractivity contribution in [3.05, 3.63) is 11.1 Å². The van der Waals surface area contributed by atoms with Crippen molar-refractivity contribution in [2.75, 3.05) is 13.1 Å². The average Bonchev–Trinajstić information content (AvgIpc) is 3.32. The summed E-state index contributed by atoms with van der Waals surface area (Å²) < 4.78 is 12.6. The summed E-state index contributed by atoms with van der Waals surface area (Å²) in [6.45, 7) is 8.53. The van der Waals surface area contributed by atoms with E-state index < -0.39 is 0 Å². The molecule has 0 unspecified atom stereocenters. The minimum atomic E-state index is -0.237. The van der Waals surface area contributed by atoms with Gasteiger partial charge in [-0.15, -0.1) is 0 Å². The van der Waals surface area contributed by atoms with Crippen LogP contribution in [0.3, 0.4) is 0 Å². The molecule has 2 heterocycles. The van der Waals surface area contributed by atoms with Crippen molar-refractivity contribution in [3.8, 4) is 0 Å². The Morgan fingerprint density at radius 1 is 1.21 bits per heavy atom. The molecule has 34 heavy (non-hydrogen) atoms. The van der Waals surface area contributed by atoms with E-state index in [1.807, 2.05) is 5.57 Å². The molecule has 0 bridgehead atoms. The zero-order chi connectivity index (χ0) is 23.7. The predicted molar refractivity (Wildman–Crippen MR) is 133 cm³/mol. The van der Waals surface area contributed by atoms with E-state index >= 15 is 0 Å². The fraction of sp³-hybridized carbons (Fsp3) is 0.897. The van der Waals surface area contributed by atoms with Gasteiger partial charge >= 0.3 is 5.97 Å². The van der Waals surface area contributed by atoms with Crippen molar-refractivity contribution in [2.24, 2.45) is 40.7 Å². The number of hydrogen-bond donors (Lipinski definition) is 2. The van der Waals surface area contributed by atoms with Gasteiger partial charge in [-0.25, -0.2) is 0 Å². The minimum Gasteiger partial charge on any atom is -0.461 e. The van der Waals surface area contributed by atoms with E-state index in [0.29, 0.717) is 23.5 Å². The lowest BCUT2D eigenvalue weighted by atomic mass is 9.52. The summed E-state index contributed by atoms with van der Waals surface area (Å²) in [6, 6.07) is 0.567. The van der Waals surface area contributed by atoms with Crippen molar-refractivity contribution in [3.63, 3.8) is 0 Å². The second-order valence-electron chi connectivity index (χ2n) is 13.4. The first-order chi connectivity index (χ1) is 16.3. The van der Waals surface area contributed by atoms with Crippen molar-refractivity contribution >= 4 is 5.97 Å². The molecule has 6 rings (SSSR count). The molecule has 5 fully saturated rings. The molecule has 0 aromatic heterocycles. The van der Waals surface area contributed by atoms with Gasteiger partial charge in [0.05, 0.1) is 18.2 Å². The molecule has 10 atom stereocenters. The van der Waals surface area contributed by atoms with Crippen molar-refractivity contribution in [1.29, 1.82) is 0 Å². The Bertz CT molecular complexity index is 856. The van der Waals surface area contributed by atoms with E-state index in [4.69, 9.17) is 15.2 Å². The lowest BCUT2D eigenvalue weighted by Crippen LogP contribution is -2.48. The second kappa shape index (κ2) is 8.59. The SMILES string of the molecule is CC1=C2C[C@H]3[C@@H](CC[C@@H]4C[C@H](OC(=O)CN)CC[C@@]43C)[C@@H]2CC[C@]2(C1)C[C@@H]1NC[C@@H](C)C[C@H]1O2. The van der Waals surface area contributed by atoms with Crippen LogP contribution in [0, 0.1) is 35.0 Å². The first-order valence-corrected chi connectivity index (χ1v) is 14.3. The molecule has 2 aliphatic heterocycles. The molecule has 0 aromatic rings. The molecule has 0 radical (unpaired) electrons. The lowest BCUT2D eigenvalue weighted by Gasteiger charge is -2.54. The Balaban J connectivity index is 1.19. The van der Waals surface area contributed by atoms with E-state index in [9.17, 15) is 4.79 Å². The standard InChI is InChI=1S/C29H46N2O3/c1-17-10-26-25(31-16-17)14-29(34-26)9-7-21-22-5-4-19-11-20(33-27(32)15-30)6-8-28(19,3)24(22)12-23(21)18(2)13-29/h17,19-22,24-26,31H,4-16,30H2,1-3H3/t17-,19+,20+,21-,22-,24-,25-,26+,28-,29-/m0/s1. The van der Waals surface area contributed by atoms with Crippen molar-refractivity contribution in [2.45, 2.75) is 115 Å². The second-order valence-corrected chi connectivity index (χ2v) is 13.4. The third-order valence-electron chi connectivity index (χ3n) is 11.4. The van der Waals surface area contributed by atoms with Gasteiger partial charge in [0.25, 0.3) is 0 Å². The van der Waals surface area contributed by atoms with Gasteiger partial charge in [-0.2, -0.15) is 0 Å². The molecule has 1 spiro atoms. The molecule has 190 valence electrons. The maximum Gasteiger partial charge on any atom is 0.319 e. The smallest absolute Gasteiger partial charge is 0.319 e. The first-order valence-electron chi connectivity index (χ1n) is 14.3. The number of piperidine rings is 1. The van der Waals surface area contributed by atoms with Gasteiger partial charge in [0.1, 0.15) is 6.10 Å². The van der Waals surface area contributed by atoms with Gasteiger partial charge in [-0.05, 0) is 119 Å². The van der Waals surface area contributed by atoms with Crippen LogP contribution in [0.5, 0.6) is 0 Å². The number of esters is 1. The highest BCUT2D eigenvalue weighted by molar-refractivity contribution is 5.71. The zero-order valence-corrected chi connectivity index (χ0v) is 21.6. The summed E-state index contributed by atoms with van der Waals surface area (Å²) in [6.07, 6.45) is 13.8. The Morgan fingerprint density at radius 2 is 2.06 bits per heavy atom. The molecular formula is C29H46N2O3. The van der Waals surface area contributed by atoms with Crippen LogP contribution in [-0.4, -0.2) is 42.9 Å². The van der Waals surface area contributed by atoms with Gasteiger partial charge in [0.15, 0.2) is 0 Å². The van der Waals surface area contributed by atoms with Crippen molar-refractivity contribution < 1.29 is 14.3 Å². The van der Waals surface area contributed by atoms with Crippen molar-refractivity contribution in [1.82, 2.24) is 5.32 Å². The van der Waals surface area contributed by atoms with Crippen LogP contribution in [0.4, 0.5) is 0 Å². The van der Waals surface area contributed by atoms with E-state index in [0.717, 1.165) is 49.5 Å². The first kappa shape index (κ1) is 23.5. The summed E-state index contributed by atoms with van der Waals surface area (Å²) in [5, 5.41) is 3.81. The van der Waals surface area contributed by atoms with Crippen LogP contribution in [0.1, 0.15) is 91.4 Å². The molecule has 0 amide bonds. The summed E-state index contributed by atoms with van der Waals surface area (Å²) in [5.74, 6) is 3.59. The Kier molecular flexibility index (Phi) is 5.93. The van der Waals surface area contributed by atoms with Gasteiger partial charge in [-0.3, -0.25) is 4.79 Å². The number of fused-ring (bicyclic) bond motifs is 6. The van der Waals surface area contributed by atoms with E-state index in [1.165, 1.54) is 51.4 Å². The number of allylic oxidation sites excluding steroid dienone is 1. The summed E-state index contributed by atoms with van der Waals surface area (Å²) in [5.41, 5.74) is 9.44. The number of nitrogens with two attached hydrogens (primary N) is 1. The Morgan fingerprint density at radius 3 is 2.88 bits per heavy atom. The minimum absolute atomic E-state index is 0.0000319. The number of ether oxygens (including phenoxy) is 2. The van der Waals surface area contributed by atoms with Crippen LogP contribution in [0.25, 0.3) is 0 Å². The van der Waals surface area contributed by atoms with Crippen LogP contribution in [0.2, 0.25) is 0 Å². The van der Waals surface area contributed by atoms with Crippen LogP contribution in [0.15, 0.2) is 11.1 Å². The number of hydrogen-bond acceptors (Lipinski definition) is 5. The van der Waals surface area contributed by atoms with Gasteiger partial charge in [0.2, 0.25) is 0 Å². The largest absolute Gasteiger partial charge is 0.461 e. The topological polar surface area (TPSA) is 73.6 Å². The Hall–Kier alpha value is -0.910. The van der Waals surface area contributed by atoms with E-state index in [1.54, 1.807) is 5.57 Å². The van der Waals surface area contributed by atoms with Gasteiger partial charge in [-0.1, -0.05) is 25.0 Å². The highest BCUT2D eigenvalue weighted by atomic mass is 16.5. The molecule has 0 aromatic carbocycles. The fourth-order valence-electron chi connectivity index (χ4n) is 9.74. The van der Waals surface area contributed by atoms with Crippen LogP contribution >= 0.6 is 0 Å². The van der Waals surface area contributed by atoms with Crippen LogP contribution < -0.4 is 11.1 Å². The highest BCUT2D eigenvalue weighted by Gasteiger charge is 2.58. The molecular weight excluding hydrogens is 424 g/mol.